The summed E-state index contributed by atoms with van der Waals surface area (Å²) >= 11 is 0. The van der Waals surface area contributed by atoms with Gasteiger partial charge >= 0.3 is 0 Å². The lowest BCUT2D eigenvalue weighted by Gasteiger charge is -2.34. The molecule has 22 heavy (non-hydrogen) atoms. The minimum Gasteiger partial charge on any atom is -0.355 e. The molecule has 0 spiro atoms. The zero-order chi connectivity index (χ0) is 16.1. The van der Waals surface area contributed by atoms with Crippen LogP contribution in [0.15, 0.2) is 18.2 Å². The molecule has 0 saturated carbocycles. The van der Waals surface area contributed by atoms with Gasteiger partial charge in [0.1, 0.15) is 11.6 Å². The Balaban J connectivity index is 1.92. The van der Waals surface area contributed by atoms with Crippen molar-refractivity contribution < 1.29 is 18.4 Å². The van der Waals surface area contributed by atoms with Crippen molar-refractivity contribution in [2.45, 2.75) is 13.5 Å². The van der Waals surface area contributed by atoms with E-state index in [1.807, 2.05) is 6.92 Å². The third kappa shape index (κ3) is 4.24. The summed E-state index contributed by atoms with van der Waals surface area (Å²) in [5.74, 6) is -1.38. The molecular weight excluding hydrogens is 292 g/mol. The lowest BCUT2D eigenvalue weighted by Crippen LogP contribution is -2.52. The average molecular weight is 311 g/mol. The molecule has 1 aliphatic rings. The van der Waals surface area contributed by atoms with Crippen molar-refractivity contribution in [3.05, 3.63) is 35.4 Å². The number of likely N-dealkylation sites (N-methyl/N-ethyl adjacent to an activating group) is 1. The van der Waals surface area contributed by atoms with Gasteiger partial charge in [0.15, 0.2) is 0 Å². The van der Waals surface area contributed by atoms with Gasteiger partial charge in [0, 0.05) is 31.7 Å². The molecule has 5 nitrogen and oxygen atoms in total. The molecule has 0 aromatic heterocycles. The van der Waals surface area contributed by atoms with E-state index in [9.17, 15) is 18.4 Å². The second-order valence-electron chi connectivity index (χ2n) is 5.22. The average Bonchev–Trinajstić information content (AvgIpc) is 2.46. The Hall–Kier alpha value is -2.02. The van der Waals surface area contributed by atoms with Gasteiger partial charge in [0.25, 0.3) is 0 Å². The number of amides is 2. The van der Waals surface area contributed by atoms with Gasteiger partial charge in [-0.3, -0.25) is 14.5 Å². The predicted octanol–water partition coefficient (Wildman–Crippen LogP) is 0.745. The van der Waals surface area contributed by atoms with Gasteiger partial charge in [0.2, 0.25) is 11.8 Å². The van der Waals surface area contributed by atoms with E-state index in [1.54, 1.807) is 4.90 Å². The van der Waals surface area contributed by atoms with Crippen molar-refractivity contribution in [2.24, 2.45) is 0 Å². The van der Waals surface area contributed by atoms with Gasteiger partial charge in [-0.2, -0.15) is 0 Å². The molecule has 0 atom stereocenters. The molecule has 1 aliphatic heterocycles. The van der Waals surface area contributed by atoms with Crippen molar-refractivity contribution >= 4 is 11.8 Å². The maximum absolute atomic E-state index is 13.6. The number of hydrogen-bond donors (Lipinski definition) is 1. The fraction of sp³-hybridized carbons (Fsp3) is 0.467. The Morgan fingerprint density at radius 2 is 2.09 bits per heavy atom. The van der Waals surface area contributed by atoms with E-state index in [0.717, 1.165) is 18.2 Å². The van der Waals surface area contributed by atoms with Crippen molar-refractivity contribution in [3.63, 3.8) is 0 Å². The summed E-state index contributed by atoms with van der Waals surface area (Å²) in [6.07, 6.45) is 0. The molecular formula is C15H19F2N3O2. The normalized spacial score (nSPS) is 16.0. The summed E-state index contributed by atoms with van der Waals surface area (Å²) in [4.78, 5) is 26.8. The highest BCUT2D eigenvalue weighted by Gasteiger charge is 2.25. The van der Waals surface area contributed by atoms with Crippen LogP contribution in [0.25, 0.3) is 0 Å². The third-order valence-electron chi connectivity index (χ3n) is 3.51. The molecule has 1 aromatic carbocycles. The summed E-state index contributed by atoms with van der Waals surface area (Å²) in [5.41, 5.74) is 0.158. The number of carbonyl (C=O) groups excluding carboxylic acids is 2. The fourth-order valence-corrected chi connectivity index (χ4v) is 2.39. The maximum Gasteiger partial charge on any atom is 0.237 e. The molecule has 1 saturated heterocycles. The van der Waals surface area contributed by atoms with Crippen LogP contribution in [0.2, 0.25) is 0 Å². The van der Waals surface area contributed by atoms with Crippen LogP contribution in [0.3, 0.4) is 0 Å². The van der Waals surface area contributed by atoms with E-state index < -0.39 is 11.6 Å². The number of hydrogen-bond acceptors (Lipinski definition) is 3. The molecule has 1 fully saturated rings. The maximum atomic E-state index is 13.6. The quantitative estimate of drug-likeness (QED) is 0.873. The molecule has 7 heteroatoms. The van der Waals surface area contributed by atoms with Crippen molar-refractivity contribution in [3.8, 4) is 0 Å². The number of halogens is 2. The summed E-state index contributed by atoms with van der Waals surface area (Å²) in [6.45, 7) is 3.60. The summed E-state index contributed by atoms with van der Waals surface area (Å²) in [6, 6.07) is 3.20. The first-order valence-electron chi connectivity index (χ1n) is 7.20. The Bertz CT molecular complexity index is 566. The molecule has 0 unspecified atom stereocenters. The van der Waals surface area contributed by atoms with Crippen LogP contribution in [-0.2, 0) is 16.1 Å². The zero-order valence-electron chi connectivity index (χ0n) is 12.4. The van der Waals surface area contributed by atoms with E-state index >= 15 is 0 Å². The zero-order valence-corrected chi connectivity index (χ0v) is 12.4. The van der Waals surface area contributed by atoms with Crippen LogP contribution in [0.4, 0.5) is 8.78 Å². The summed E-state index contributed by atoms with van der Waals surface area (Å²) in [5, 5.41) is 2.68. The predicted molar refractivity (Wildman–Crippen MR) is 76.9 cm³/mol. The minimum absolute atomic E-state index is 0.0391. The van der Waals surface area contributed by atoms with E-state index in [0.29, 0.717) is 19.6 Å². The first-order valence-corrected chi connectivity index (χ1v) is 7.20. The second kappa shape index (κ2) is 7.31. The SMILES string of the molecule is CCNC(=O)CN1CCN(Cc2cc(F)ccc2F)C(=O)C1. The Labute approximate surface area is 127 Å². The minimum atomic E-state index is -0.529. The molecule has 120 valence electrons. The third-order valence-corrected chi connectivity index (χ3v) is 3.51. The van der Waals surface area contributed by atoms with Crippen molar-refractivity contribution in [2.75, 3.05) is 32.7 Å². The van der Waals surface area contributed by atoms with E-state index in [4.69, 9.17) is 0 Å². The molecule has 0 aliphatic carbocycles. The Morgan fingerprint density at radius 1 is 1.32 bits per heavy atom. The van der Waals surface area contributed by atoms with Crippen molar-refractivity contribution in [1.82, 2.24) is 15.1 Å². The van der Waals surface area contributed by atoms with Crippen LogP contribution in [0.1, 0.15) is 12.5 Å². The monoisotopic (exact) mass is 311 g/mol. The largest absolute Gasteiger partial charge is 0.355 e. The molecule has 0 bridgehead atoms. The molecule has 1 heterocycles. The van der Waals surface area contributed by atoms with Crippen molar-refractivity contribution in [1.29, 1.82) is 0 Å². The lowest BCUT2D eigenvalue weighted by molar-refractivity contribution is -0.137. The molecule has 0 radical (unpaired) electrons. The smallest absolute Gasteiger partial charge is 0.237 e. The number of rotatable bonds is 5. The van der Waals surface area contributed by atoms with Gasteiger partial charge in [-0.1, -0.05) is 0 Å². The van der Waals surface area contributed by atoms with Gasteiger partial charge in [-0.25, -0.2) is 8.78 Å². The molecule has 2 amide bonds. The first kappa shape index (κ1) is 16.4. The van der Waals surface area contributed by atoms with Crippen LogP contribution in [-0.4, -0.2) is 54.3 Å². The topological polar surface area (TPSA) is 52.7 Å². The highest BCUT2D eigenvalue weighted by Crippen LogP contribution is 2.14. The Kier molecular flexibility index (Phi) is 5.43. The van der Waals surface area contributed by atoms with Gasteiger partial charge < -0.3 is 10.2 Å². The van der Waals surface area contributed by atoms with Crippen LogP contribution in [0, 0.1) is 11.6 Å². The number of piperazine rings is 1. The number of nitrogens with one attached hydrogen (secondary N) is 1. The standard InChI is InChI=1S/C15H19F2N3O2/c1-2-18-14(21)9-19-5-6-20(15(22)10-19)8-11-7-12(16)3-4-13(11)17/h3-4,7H,2,5-6,8-10H2,1H3,(H,18,21). The molecule has 1 aromatic rings. The van der Waals surface area contributed by atoms with Crippen LogP contribution < -0.4 is 5.32 Å². The highest BCUT2D eigenvalue weighted by molar-refractivity contribution is 5.81. The van der Waals surface area contributed by atoms with Crippen LogP contribution >= 0.6 is 0 Å². The number of nitrogens with zero attached hydrogens (tertiary/aromatic N) is 2. The van der Waals surface area contributed by atoms with E-state index in [-0.39, 0.29) is 37.0 Å². The first-order chi connectivity index (χ1) is 10.5. The van der Waals surface area contributed by atoms with Gasteiger partial charge in [-0.15, -0.1) is 0 Å². The van der Waals surface area contributed by atoms with Gasteiger partial charge in [-0.05, 0) is 25.1 Å². The van der Waals surface area contributed by atoms with Gasteiger partial charge in [0.05, 0.1) is 13.1 Å². The van der Waals surface area contributed by atoms with Crippen LogP contribution in [0.5, 0.6) is 0 Å². The summed E-state index contributed by atoms with van der Waals surface area (Å²) < 4.78 is 26.8. The number of carbonyl (C=O) groups is 2. The van der Waals surface area contributed by atoms with E-state index in [1.165, 1.54) is 4.90 Å². The highest BCUT2D eigenvalue weighted by atomic mass is 19.1. The lowest BCUT2D eigenvalue weighted by atomic mass is 10.1. The summed E-state index contributed by atoms with van der Waals surface area (Å²) in [7, 11) is 0. The second-order valence-corrected chi connectivity index (χ2v) is 5.22. The van der Waals surface area contributed by atoms with E-state index in [2.05, 4.69) is 5.32 Å². The fourth-order valence-electron chi connectivity index (χ4n) is 2.39. The number of benzene rings is 1. The Morgan fingerprint density at radius 3 is 2.77 bits per heavy atom. The molecule has 1 N–H and O–H groups in total. The molecule has 2 rings (SSSR count).